The van der Waals surface area contributed by atoms with Crippen molar-refractivity contribution in [3.8, 4) is 0 Å². The Hall–Kier alpha value is -0.910. The number of nitrogens with zero attached hydrogens (tertiary/aromatic N) is 2. The number of thiazole rings is 1. The third-order valence-electron chi connectivity index (χ3n) is 2.38. The van der Waals surface area contributed by atoms with Crippen LogP contribution in [0.2, 0.25) is 0 Å². The Morgan fingerprint density at radius 2 is 2.29 bits per heavy atom. The molecule has 0 bridgehead atoms. The molecule has 0 saturated carbocycles. The Morgan fingerprint density at radius 3 is 2.82 bits per heavy atom. The lowest BCUT2D eigenvalue weighted by atomic mass is 10.1. The van der Waals surface area contributed by atoms with E-state index >= 15 is 0 Å². The molecule has 0 spiro atoms. The van der Waals surface area contributed by atoms with Crippen molar-refractivity contribution in [1.29, 1.82) is 0 Å². The van der Waals surface area contributed by atoms with E-state index in [1.807, 2.05) is 19.2 Å². The monoisotopic (exact) mass is 265 g/mol. The molecule has 0 saturated heterocycles. The van der Waals surface area contributed by atoms with E-state index < -0.39 is 0 Å². The Bertz CT molecular complexity index is 479. The molecular formula is C12H15N3S2. The summed E-state index contributed by atoms with van der Waals surface area (Å²) in [5, 5.41) is 2.05. The molecule has 1 atom stereocenters. The van der Waals surface area contributed by atoms with Crippen LogP contribution >= 0.6 is 23.1 Å². The minimum atomic E-state index is 0.0381. The van der Waals surface area contributed by atoms with E-state index in [1.165, 1.54) is 0 Å². The number of aryl methyl sites for hydroxylation is 1. The molecule has 0 amide bonds. The largest absolute Gasteiger partial charge is 0.323 e. The standard InChI is InChI=1S/C12H15N3S2/c1-3-10(13)11-5-4-9(6-14-11)17-12-15-8(2)7-16-12/h4-7,10H,3,13H2,1-2H3/t10-/m0/s1. The predicted molar refractivity (Wildman–Crippen MR) is 72.4 cm³/mol. The zero-order chi connectivity index (χ0) is 12.3. The average molecular weight is 265 g/mol. The van der Waals surface area contributed by atoms with Crippen molar-refractivity contribution < 1.29 is 0 Å². The maximum atomic E-state index is 5.92. The first-order valence-corrected chi connectivity index (χ1v) is 7.20. The molecule has 0 aliphatic carbocycles. The molecular weight excluding hydrogens is 250 g/mol. The molecule has 17 heavy (non-hydrogen) atoms. The van der Waals surface area contributed by atoms with Gasteiger partial charge in [0.05, 0.1) is 5.69 Å². The van der Waals surface area contributed by atoms with Gasteiger partial charge in [0, 0.05) is 28.2 Å². The van der Waals surface area contributed by atoms with Gasteiger partial charge in [-0.2, -0.15) is 0 Å². The van der Waals surface area contributed by atoms with Crippen LogP contribution in [0.25, 0.3) is 0 Å². The highest BCUT2D eigenvalue weighted by atomic mass is 32.2. The number of pyridine rings is 1. The molecule has 2 N–H and O–H groups in total. The van der Waals surface area contributed by atoms with Crippen LogP contribution in [-0.4, -0.2) is 9.97 Å². The highest BCUT2D eigenvalue weighted by molar-refractivity contribution is 8.01. The zero-order valence-corrected chi connectivity index (χ0v) is 11.5. The van der Waals surface area contributed by atoms with E-state index in [2.05, 4.69) is 28.3 Å². The van der Waals surface area contributed by atoms with Crippen LogP contribution in [-0.2, 0) is 0 Å². The number of hydrogen-bond acceptors (Lipinski definition) is 5. The van der Waals surface area contributed by atoms with E-state index in [4.69, 9.17) is 5.73 Å². The number of hydrogen-bond donors (Lipinski definition) is 1. The van der Waals surface area contributed by atoms with E-state index in [0.717, 1.165) is 27.0 Å². The smallest absolute Gasteiger partial charge is 0.154 e. The summed E-state index contributed by atoms with van der Waals surface area (Å²) in [5.41, 5.74) is 7.94. The molecule has 3 nitrogen and oxygen atoms in total. The molecule has 2 aromatic heterocycles. The van der Waals surface area contributed by atoms with Crippen molar-refractivity contribution in [3.05, 3.63) is 35.1 Å². The van der Waals surface area contributed by atoms with E-state index in [9.17, 15) is 0 Å². The molecule has 2 aromatic rings. The summed E-state index contributed by atoms with van der Waals surface area (Å²) in [4.78, 5) is 9.90. The van der Waals surface area contributed by atoms with Gasteiger partial charge in [-0.1, -0.05) is 18.7 Å². The highest BCUT2D eigenvalue weighted by Crippen LogP contribution is 2.30. The topological polar surface area (TPSA) is 51.8 Å². The molecule has 0 aromatic carbocycles. The number of rotatable bonds is 4. The van der Waals surface area contributed by atoms with Crippen LogP contribution in [0.15, 0.2) is 32.9 Å². The summed E-state index contributed by atoms with van der Waals surface area (Å²) >= 11 is 3.30. The van der Waals surface area contributed by atoms with Crippen molar-refractivity contribution in [1.82, 2.24) is 9.97 Å². The van der Waals surface area contributed by atoms with Gasteiger partial charge in [0.1, 0.15) is 0 Å². The lowest BCUT2D eigenvalue weighted by molar-refractivity contribution is 0.674. The van der Waals surface area contributed by atoms with Crippen molar-refractivity contribution in [2.45, 2.75) is 35.5 Å². The minimum Gasteiger partial charge on any atom is -0.323 e. The Labute approximate surface area is 109 Å². The lowest BCUT2D eigenvalue weighted by Crippen LogP contribution is -2.10. The summed E-state index contributed by atoms with van der Waals surface area (Å²) in [6.45, 7) is 4.07. The summed E-state index contributed by atoms with van der Waals surface area (Å²) in [7, 11) is 0. The molecule has 0 radical (unpaired) electrons. The van der Waals surface area contributed by atoms with Crippen LogP contribution in [0, 0.1) is 6.92 Å². The highest BCUT2D eigenvalue weighted by Gasteiger charge is 2.06. The predicted octanol–water partition coefficient (Wildman–Crippen LogP) is 3.41. The van der Waals surface area contributed by atoms with Gasteiger partial charge in [0.15, 0.2) is 4.34 Å². The van der Waals surface area contributed by atoms with Crippen LogP contribution in [0.3, 0.4) is 0 Å². The first-order chi connectivity index (χ1) is 8.19. The fraction of sp³-hybridized carbons (Fsp3) is 0.333. The normalized spacial score (nSPS) is 12.6. The number of nitrogens with two attached hydrogens (primary N) is 1. The van der Waals surface area contributed by atoms with E-state index in [1.54, 1.807) is 23.1 Å². The van der Waals surface area contributed by atoms with E-state index in [0.29, 0.717) is 0 Å². The van der Waals surface area contributed by atoms with Gasteiger partial charge in [0.25, 0.3) is 0 Å². The molecule has 2 heterocycles. The molecule has 0 unspecified atom stereocenters. The Kier molecular flexibility index (Phi) is 4.15. The van der Waals surface area contributed by atoms with Gasteiger partial charge in [-0.25, -0.2) is 4.98 Å². The van der Waals surface area contributed by atoms with Gasteiger partial charge in [-0.05, 0) is 25.5 Å². The molecule has 0 aliphatic heterocycles. The van der Waals surface area contributed by atoms with Crippen molar-refractivity contribution in [2.75, 3.05) is 0 Å². The zero-order valence-electron chi connectivity index (χ0n) is 9.88. The Balaban J connectivity index is 2.08. The summed E-state index contributed by atoms with van der Waals surface area (Å²) in [5.74, 6) is 0. The lowest BCUT2D eigenvalue weighted by Gasteiger charge is -2.07. The number of aromatic nitrogens is 2. The first-order valence-electron chi connectivity index (χ1n) is 5.50. The van der Waals surface area contributed by atoms with Gasteiger partial charge in [-0.3, -0.25) is 4.98 Å². The van der Waals surface area contributed by atoms with Crippen molar-refractivity contribution in [3.63, 3.8) is 0 Å². The summed E-state index contributed by atoms with van der Waals surface area (Å²) < 4.78 is 1.05. The van der Waals surface area contributed by atoms with Crippen molar-refractivity contribution in [2.24, 2.45) is 5.73 Å². The van der Waals surface area contributed by atoms with Crippen LogP contribution < -0.4 is 5.73 Å². The second-order valence-electron chi connectivity index (χ2n) is 3.79. The third-order valence-corrected chi connectivity index (χ3v) is 4.42. The van der Waals surface area contributed by atoms with Crippen LogP contribution in [0.1, 0.15) is 30.8 Å². The van der Waals surface area contributed by atoms with Gasteiger partial charge < -0.3 is 5.73 Å². The fourth-order valence-corrected chi connectivity index (χ4v) is 3.14. The second kappa shape index (κ2) is 5.62. The van der Waals surface area contributed by atoms with Gasteiger partial charge in [0.2, 0.25) is 0 Å². The van der Waals surface area contributed by atoms with Gasteiger partial charge in [-0.15, -0.1) is 11.3 Å². The van der Waals surface area contributed by atoms with E-state index in [-0.39, 0.29) is 6.04 Å². The minimum absolute atomic E-state index is 0.0381. The van der Waals surface area contributed by atoms with Crippen LogP contribution in [0.5, 0.6) is 0 Å². The molecule has 90 valence electrons. The molecule has 0 fully saturated rings. The van der Waals surface area contributed by atoms with Crippen molar-refractivity contribution >= 4 is 23.1 Å². The maximum Gasteiger partial charge on any atom is 0.154 e. The maximum absolute atomic E-state index is 5.92. The summed E-state index contributed by atoms with van der Waals surface area (Å²) in [6.07, 6.45) is 2.78. The quantitative estimate of drug-likeness (QED) is 0.920. The van der Waals surface area contributed by atoms with Crippen LogP contribution in [0.4, 0.5) is 0 Å². The fourth-order valence-electron chi connectivity index (χ4n) is 1.36. The summed E-state index contributed by atoms with van der Waals surface area (Å²) in [6, 6.07) is 4.09. The third kappa shape index (κ3) is 3.28. The molecule has 5 heteroatoms. The van der Waals surface area contributed by atoms with Gasteiger partial charge >= 0.3 is 0 Å². The Morgan fingerprint density at radius 1 is 1.47 bits per heavy atom. The SMILES string of the molecule is CC[C@H](N)c1ccc(Sc2nc(C)cs2)cn1. The first kappa shape index (κ1) is 12.5. The molecule has 0 aliphatic rings. The molecule has 2 rings (SSSR count). The second-order valence-corrected chi connectivity index (χ2v) is 5.97. The average Bonchev–Trinajstić information content (AvgIpc) is 2.75.